The smallest absolute Gasteiger partial charge is 0.229 e. The van der Waals surface area contributed by atoms with Crippen molar-refractivity contribution in [3.05, 3.63) is 35.5 Å². The number of piperazine rings is 1. The van der Waals surface area contributed by atoms with E-state index in [0.717, 1.165) is 42.0 Å². The van der Waals surface area contributed by atoms with Crippen molar-refractivity contribution >= 4 is 44.7 Å². The third-order valence-corrected chi connectivity index (χ3v) is 6.47. The lowest BCUT2D eigenvalue weighted by Crippen LogP contribution is -2.47. The number of hydrogen-bond acceptors (Lipinski definition) is 8. The quantitative estimate of drug-likeness (QED) is 0.533. The van der Waals surface area contributed by atoms with E-state index in [1.54, 1.807) is 17.4 Å². The largest absolute Gasteiger partial charge is 0.395 e. The third kappa shape index (κ3) is 4.05. The van der Waals surface area contributed by atoms with Gasteiger partial charge < -0.3 is 20.6 Å². The maximum Gasteiger partial charge on any atom is 0.229 e. The van der Waals surface area contributed by atoms with Crippen molar-refractivity contribution in [2.45, 2.75) is 18.9 Å². The highest BCUT2D eigenvalue weighted by molar-refractivity contribution is 7.17. The minimum absolute atomic E-state index is 0.145. The molecule has 158 valence electrons. The number of β-amino-alcohol motifs (C(OH)–C–C–N with tert-alkyl or cyclic N) is 1. The van der Waals surface area contributed by atoms with Crippen molar-refractivity contribution < 1.29 is 9.50 Å². The first-order chi connectivity index (χ1) is 14.7. The SMILES string of the molecule is OCCN1CCN(c2c(F)cccc2Nc2nc(NC3CC3)c3sccc3n2)CC1. The Kier molecular flexibility index (Phi) is 5.41. The van der Waals surface area contributed by atoms with E-state index in [9.17, 15) is 4.39 Å². The van der Waals surface area contributed by atoms with Gasteiger partial charge in [0.25, 0.3) is 0 Å². The average Bonchev–Trinajstić information content (AvgIpc) is 3.42. The number of halogens is 1. The Labute approximate surface area is 178 Å². The molecule has 3 N–H and O–H groups in total. The molecular formula is C21H25FN6OS. The van der Waals surface area contributed by atoms with E-state index in [2.05, 4.69) is 25.4 Å². The van der Waals surface area contributed by atoms with Gasteiger partial charge in [0, 0.05) is 38.8 Å². The fraction of sp³-hybridized carbons (Fsp3) is 0.429. The number of fused-ring (bicyclic) bond motifs is 1. The molecule has 0 atom stereocenters. The van der Waals surface area contributed by atoms with Crippen molar-refractivity contribution in [3.63, 3.8) is 0 Å². The van der Waals surface area contributed by atoms with Crippen LogP contribution in [-0.4, -0.2) is 65.3 Å². The number of anilines is 4. The normalized spacial score (nSPS) is 17.5. The van der Waals surface area contributed by atoms with Crippen molar-refractivity contribution in [2.24, 2.45) is 0 Å². The third-order valence-electron chi connectivity index (χ3n) is 5.56. The lowest BCUT2D eigenvalue weighted by molar-refractivity contribution is 0.188. The van der Waals surface area contributed by atoms with Gasteiger partial charge in [-0.15, -0.1) is 11.3 Å². The van der Waals surface area contributed by atoms with Gasteiger partial charge in [-0.3, -0.25) is 4.90 Å². The van der Waals surface area contributed by atoms with Gasteiger partial charge in [0.1, 0.15) is 11.6 Å². The summed E-state index contributed by atoms with van der Waals surface area (Å²) in [4.78, 5) is 13.6. The molecule has 9 heteroatoms. The topological polar surface area (TPSA) is 76.6 Å². The van der Waals surface area contributed by atoms with Crippen molar-refractivity contribution in [2.75, 3.05) is 54.9 Å². The molecule has 1 saturated heterocycles. The number of rotatable bonds is 7. The molecule has 0 amide bonds. The summed E-state index contributed by atoms with van der Waals surface area (Å²) in [7, 11) is 0. The van der Waals surface area contributed by atoms with Crippen LogP contribution in [-0.2, 0) is 0 Å². The molecule has 1 saturated carbocycles. The van der Waals surface area contributed by atoms with Gasteiger partial charge >= 0.3 is 0 Å². The maximum atomic E-state index is 14.9. The molecule has 0 bridgehead atoms. The number of hydrogen-bond donors (Lipinski definition) is 3. The van der Waals surface area contributed by atoms with Crippen LogP contribution in [0.3, 0.4) is 0 Å². The van der Waals surface area contributed by atoms with Crippen molar-refractivity contribution in [3.8, 4) is 0 Å². The van der Waals surface area contributed by atoms with E-state index in [1.165, 1.54) is 6.07 Å². The first kappa shape index (κ1) is 19.5. The molecule has 1 aliphatic carbocycles. The predicted molar refractivity (Wildman–Crippen MR) is 119 cm³/mol. The van der Waals surface area contributed by atoms with E-state index in [4.69, 9.17) is 10.1 Å². The second-order valence-corrected chi connectivity index (χ2v) is 8.68. The van der Waals surface area contributed by atoms with Crippen molar-refractivity contribution in [1.82, 2.24) is 14.9 Å². The number of para-hydroxylation sites is 1. The molecule has 1 aromatic carbocycles. The number of aromatic nitrogens is 2. The van der Waals surface area contributed by atoms with Gasteiger partial charge in [0.05, 0.1) is 28.2 Å². The standard InChI is InChI=1S/C21H25FN6OS/c22-15-2-1-3-16(18(15)28-9-7-27(8-10-28)11-12-29)24-21-25-17-6-13-30-19(17)20(26-21)23-14-4-5-14/h1-3,6,13-14,29H,4-5,7-12H2,(H2,23,24,25,26). The Morgan fingerprint density at radius 1 is 1.13 bits per heavy atom. The highest BCUT2D eigenvalue weighted by atomic mass is 32.1. The highest BCUT2D eigenvalue weighted by Crippen LogP contribution is 2.35. The summed E-state index contributed by atoms with van der Waals surface area (Å²) >= 11 is 1.63. The van der Waals surface area contributed by atoms with E-state index < -0.39 is 0 Å². The fourth-order valence-corrected chi connectivity index (χ4v) is 4.62. The second-order valence-electron chi connectivity index (χ2n) is 7.76. The second kappa shape index (κ2) is 8.33. The van der Waals surface area contributed by atoms with Gasteiger partial charge in [0.15, 0.2) is 0 Å². The van der Waals surface area contributed by atoms with Crippen LogP contribution in [0, 0.1) is 5.82 Å². The number of nitrogens with zero attached hydrogens (tertiary/aromatic N) is 4. The van der Waals surface area contributed by atoms with Crippen LogP contribution in [0.2, 0.25) is 0 Å². The Morgan fingerprint density at radius 2 is 1.97 bits per heavy atom. The van der Waals surface area contributed by atoms with E-state index in [0.29, 0.717) is 43.0 Å². The Hall–Kier alpha value is -2.49. The number of nitrogens with one attached hydrogen (secondary N) is 2. The molecule has 0 radical (unpaired) electrons. The molecule has 2 fully saturated rings. The summed E-state index contributed by atoms with van der Waals surface area (Å²) in [5.74, 6) is 1.05. The van der Waals surface area contributed by atoms with Crippen molar-refractivity contribution in [1.29, 1.82) is 0 Å². The van der Waals surface area contributed by atoms with E-state index in [1.807, 2.05) is 17.5 Å². The summed E-state index contributed by atoms with van der Waals surface area (Å²) in [5, 5.41) is 17.9. The van der Waals surface area contributed by atoms with Gasteiger partial charge in [-0.05, 0) is 36.4 Å². The molecule has 7 nitrogen and oxygen atoms in total. The lowest BCUT2D eigenvalue weighted by atomic mass is 10.2. The number of thiophene rings is 1. The Morgan fingerprint density at radius 3 is 2.73 bits per heavy atom. The van der Waals surface area contributed by atoms with Crippen LogP contribution < -0.4 is 15.5 Å². The van der Waals surface area contributed by atoms with Crippen LogP contribution in [0.15, 0.2) is 29.6 Å². The van der Waals surface area contributed by atoms with Crippen LogP contribution in [0.5, 0.6) is 0 Å². The summed E-state index contributed by atoms with van der Waals surface area (Å²) in [6.07, 6.45) is 2.33. The molecular weight excluding hydrogens is 403 g/mol. The first-order valence-corrected chi connectivity index (χ1v) is 11.2. The summed E-state index contributed by atoms with van der Waals surface area (Å²) in [5.41, 5.74) is 2.10. The monoisotopic (exact) mass is 428 g/mol. The Balaban J connectivity index is 1.42. The average molecular weight is 429 g/mol. The molecule has 2 aromatic heterocycles. The first-order valence-electron chi connectivity index (χ1n) is 10.4. The minimum Gasteiger partial charge on any atom is -0.395 e. The zero-order valence-electron chi connectivity index (χ0n) is 16.6. The van der Waals surface area contributed by atoms with Gasteiger partial charge in [-0.2, -0.15) is 4.98 Å². The summed E-state index contributed by atoms with van der Waals surface area (Å²) in [6, 6.07) is 7.53. The van der Waals surface area contributed by atoms with Crippen LogP contribution in [0.4, 0.5) is 27.5 Å². The van der Waals surface area contributed by atoms with E-state index >= 15 is 0 Å². The fourth-order valence-electron chi connectivity index (χ4n) is 3.83. The maximum absolute atomic E-state index is 14.9. The Bertz CT molecular complexity index is 1030. The summed E-state index contributed by atoms with van der Waals surface area (Å²) < 4.78 is 15.9. The molecule has 5 rings (SSSR count). The molecule has 1 aliphatic heterocycles. The zero-order chi connectivity index (χ0) is 20.5. The lowest BCUT2D eigenvalue weighted by Gasteiger charge is -2.36. The van der Waals surface area contributed by atoms with Gasteiger partial charge in [-0.25, -0.2) is 9.37 Å². The number of aliphatic hydroxyl groups excluding tert-OH is 1. The highest BCUT2D eigenvalue weighted by Gasteiger charge is 2.24. The molecule has 3 heterocycles. The number of aliphatic hydroxyl groups is 1. The molecule has 0 unspecified atom stereocenters. The minimum atomic E-state index is -0.261. The predicted octanol–water partition coefficient (Wildman–Crippen LogP) is 3.26. The van der Waals surface area contributed by atoms with Crippen LogP contribution in [0.1, 0.15) is 12.8 Å². The molecule has 3 aromatic rings. The molecule has 30 heavy (non-hydrogen) atoms. The van der Waals surface area contributed by atoms with E-state index in [-0.39, 0.29) is 12.4 Å². The molecule has 0 spiro atoms. The summed E-state index contributed by atoms with van der Waals surface area (Å²) in [6.45, 7) is 3.79. The zero-order valence-corrected chi connectivity index (χ0v) is 17.5. The number of benzene rings is 1. The van der Waals surface area contributed by atoms with Gasteiger partial charge in [-0.1, -0.05) is 6.07 Å². The van der Waals surface area contributed by atoms with Crippen LogP contribution >= 0.6 is 11.3 Å². The molecule has 2 aliphatic rings. The van der Waals surface area contributed by atoms with Crippen LogP contribution in [0.25, 0.3) is 10.2 Å². The van der Waals surface area contributed by atoms with Gasteiger partial charge in [0.2, 0.25) is 5.95 Å².